The summed E-state index contributed by atoms with van der Waals surface area (Å²) < 4.78 is 249. The molecule has 22 heteroatoms. The van der Waals surface area contributed by atoms with Gasteiger partial charge in [0.25, 0.3) is 0 Å². The van der Waals surface area contributed by atoms with Gasteiger partial charge in [0.15, 0.2) is 0 Å². The fraction of sp³-hybridized carbons (Fsp3) is 0.417. The molecular weight excluding hydrogens is 692 g/mol. The van der Waals surface area contributed by atoms with Crippen molar-refractivity contribution in [2.45, 2.75) is 54.1 Å². The van der Waals surface area contributed by atoms with Gasteiger partial charge in [-0.15, -0.1) is 0 Å². The summed E-state index contributed by atoms with van der Waals surface area (Å²) in [5, 5.41) is 8.66. The first-order valence-electron chi connectivity index (χ1n) is 11.4. The Bertz CT molecular complexity index is 1460. The molecule has 0 amide bonds. The van der Waals surface area contributed by atoms with Crippen molar-refractivity contribution >= 4 is 5.97 Å². The molecule has 4 nitrogen and oxygen atoms in total. The second kappa shape index (κ2) is 11.9. The van der Waals surface area contributed by atoms with Crippen LogP contribution in [0.15, 0.2) is 42.5 Å². The fourth-order valence-corrected chi connectivity index (χ4v) is 3.15. The lowest BCUT2D eigenvalue weighted by Gasteiger charge is -2.42. The van der Waals surface area contributed by atoms with Crippen molar-refractivity contribution in [2.24, 2.45) is 0 Å². The molecule has 0 radical (unpaired) electrons. The van der Waals surface area contributed by atoms with Crippen molar-refractivity contribution in [3.05, 3.63) is 59.4 Å². The fourth-order valence-electron chi connectivity index (χ4n) is 3.15. The molecule has 0 aliphatic heterocycles. The molecule has 0 spiro atoms. The average molecular weight is 703 g/mol. The molecule has 0 atom stereocenters. The summed E-state index contributed by atoms with van der Waals surface area (Å²) in [6, 6.07) is 7.08. The van der Waals surface area contributed by atoms with Gasteiger partial charge < -0.3 is 9.47 Å². The lowest BCUT2D eigenvalue weighted by molar-refractivity contribution is -0.461. The third kappa shape index (κ3) is 6.19. The number of hydrogen-bond donors (Lipinski definition) is 0. The largest absolute Gasteiger partial charge is 0.493 e. The predicted octanol–water partition coefficient (Wildman–Crippen LogP) is 8.69. The second-order valence-corrected chi connectivity index (χ2v) is 8.91. The van der Waals surface area contributed by atoms with Crippen molar-refractivity contribution in [1.82, 2.24) is 0 Å². The topological polar surface area (TPSA) is 59.3 Å². The van der Waals surface area contributed by atoms with Crippen LogP contribution < -0.4 is 9.47 Å². The van der Waals surface area contributed by atoms with Gasteiger partial charge in [-0.05, 0) is 42.5 Å². The van der Waals surface area contributed by atoms with Gasteiger partial charge in [0.05, 0.1) is 24.2 Å². The molecule has 2 aromatic rings. The Morgan fingerprint density at radius 3 is 1.50 bits per heavy atom. The van der Waals surface area contributed by atoms with Crippen LogP contribution in [0, 0.1) is 17.1 Å². The Hall–Kier alpha value is -4.06. The summed E-state index contributed by atoms with van der Waals surface area (Å²) in [6.07, 6.45) is -10.6. The molecule has 0 aromatic heterocycles. The van der Waals surface area contributed by atoms with Gasteiger partial charge in [-0.3, -0.25) is 0 Å². The Kier molecular flexibility index (Phi) is 9.90. The van der Waals surface area contributed by atoms with Crippen molar-refractivity contribution in [2.75, 3.05) is 6.61 Å². The van der Waals surface area contributed by atoms with E-state index in [4.69, 9.17) is 10.00 Å². The number of carbonyl (C=O) groups is 1. The van der Waals surface area contributed by atoms with Gasteiger partial charge in [-0.1, -0.05) is 0 Å². The van der Waals surface area contributed by atoms with Crippen LogP contribution in [0.2, 0.25) is 0 Å². The maximum absolute atomic E-state index is 14.0. The Morgan fingerprint density at radius 1 is 0.630 bits per heavy atom. The van der Waals surface area contributed by atoms with E-state index in [1.165, 1.54) is 6.07 Å². The minimum absolute atomic E-state index is 0.380. The minimum atomic E-state index is -8.71. The van der Waals surface area contributed by atoms with Gasteiger partial charge in [0.2, 0.25) is 0 Å². The van der Waals surface area contributed by atoms with Gasteiger partial charge in [0.1, 0.15) is 23.4 Å². The van der Waals surface area contributed by atoms with Crippen molar-refractivity contribution in [3.63, 3.8) is 0 Å². The lowest BCUT2D eigenvalue weighted by atomic mass is 9.88. The van der Waals surface area contributed by atoms with E-state index in [1.807, 2.05) is 0 Å². The van der Waals surface area contributed by atoms with Crippen LogP contribution in [0.25, 0.3) is 0 Å². The van der Waals surface area contributed by atoms with E-state index in [-0.39, 0.29) is 5.75 Å². The Labute approximate surface area is 243 Å². The first-order chi connectivity index (χ1) is 20.5. The first-order valence-corrected chi connectivity index (χ1v) is 11.4. The van der Waals surface area contributed by atoms with Crippen LogP contribution in [0.5, 0.6) is 11.5 Å². The molecular formula is C24H11F18NO3. The molecule has 0 aliphatic rings. The molecule has 0 unspecified atom stereocenters. The van der Waals surface area contributed by atoms with Crippen molar-refractivity contribution in [1.29, 1.82) is 5.26 Å². The maximum atomic E-state index is 14.0. The van der Waals surface area contributed by atoms with E-state index in [0.717, 1.165) is 36.4 Å². The van der Waals surface area contributed by atoms with Gasteiger partial charge in [-0.2, -0.15) is 79.9 Å². The molecule has 2 aromatic carbocycles. The maximum Gasteiger partial charge on any atom is 0.460 e. The number of halogens is 18. The summed E-state index contributed by atoms with van der Waals surface area (Å²) in [7, 11) is 0. The van der Waals surface area contributed by atoms with E-state index in [0.29, 0.717) is 6.07 Å². The van der Waals surface area contributed by atoms with Crippen LogP contribution in [-0.4, -0.2) is 60.2 Å². The van der Waals surface area contributed by atoms with Crippen LogP contribution in [-0.2, 0) is 0 Å². The molecule has 0 aliphatic carbocycles. The molecule has 46 heavy (non-hydrogen) atoms. The molecule has 0 heterocycles. The van der Waals surface area contributed by atoms with E-state index >= 15 is 0 Å². The summed E-state index contributed by atoms with van der Waals surface area (Å²) >= 11 is 0. The van der Waals surface area contributed by atoms with Gasteiger partial charge in [-0.25, -0.2) is 9.18 Å². The molecule has 0 saturated carbocycles. The first kappa shape index (κ1) is 38.1. The third-order valence-electron chi connectivity index (χ3n) is 5.83. The lowest BCUT2D eigenvalue weighted by Crippen LogP contribution is -2.74. The molecule has 0 fully saturated rings. The standard InChI is InChI=1S/C24H11F18NO3/c25-15-9-11(1-2-12(15)10-43)16(44)46-14-5-3-13(4-6-14)45-8-7-17(26,27)18(28,29)19(30,31)20(32,33)21(34,35)22(36,37)23(38,39)24(40,41)42/h1-6,9H,7-8H2. The number of esters is 1. The van der Waals surface area contributed by atoms with Gasteiger partial charge in [0, 0.05) is 0 Å². The van der Waals surface area contributed by atoms with Gasteiger partial charge >= 0.3 is 53.6 Å². The minimum Gasteiger partial charge on any atom is -0.493 e. The number of rotatable bonds is 12. The third-order valence-corrected chi connectivity index (χ3v) is 5.83. The zero-order chi connectivity index (χ0) is 35.9. The van der Waals surface area contributed by atoms with Crippen molar-refractivity contribution in [3.8, 4) is 17.6 Å². The van der Waals surface area contributed by atoms with E-state index < -0.39 is 89.3 Å². The predicted molar refractivity (Wildman–Crippen MR) is 113 cm³/mol. The van der Waals surface area contributed by atoms with Crippen LogP contribution in [0.3, 0.4) is 0 Å². The highest BCUT2D eigenvalue weighted by molar-refractivity contribution is 5.91. The smallest absolute Gasteiger partial charge is 0.460 e. The number of hydrogen-bond acceptors (Lipinski definition) is 4. The normalized spacial score (nSPS) is 14.1. The van der Waals surface area contributed by atoms with Crippen LogP contribution >= 0.6 is 0 Å². The number of ether oxygens (including phenoxy) is 2. The Balaban J connectivity index is 2.19. The highest BCUT2D eigenvalue weighted by Gasteiger charge is 2.95. The van der Waals surface area contributed by atoms with E-state index in [2.05, 4.69) is 4.74 Å². The zero-order valence-electron chi connectivity index (χ0n) is 21.4. The molecule has 0 saturated heterocycles. The highest BCUT2D eigenvalue weighted by Crippen LogP contribution is 2.64. The summed E-state index contributed by atoms with van der Waals surface area (Å²) in [5.74, 6) is -60.3. The van der Waals surface area contributed by atoms with E-state index in [9.17, 15) is 83.8 Å². The average Bonchev–Trinajstić information content (AvgIpc) is 2.92. The monoisotopic (exact) mass is 703 g/mol. The van der Waals surface area contributed by atoms with Crippen molar-refractivity contribution < 1.29 is 93.3 Å². The second-order valence-electron chi connectivity index (χ2n) is 8.91. The molecule has 2 rings (SSSR count). The summed E-state index contributed by atoms with van der Waals surface area (Å²) in [5.41, 5.74) is -0.832. The highest BCUT2D eigenvalue weighted by atomic mass is 19.4. The quantitative estimate of drug-likeness (QED) is 0.126. The van der Waals surface area contributed by atoms with E-state index in [1.54, 1.807) is 0 Å². The summed E-state index contributed by atoms with van der Waals surface area (Å²) in [6.45, 7) is -1.87. The number of benzene rings is 2. The molecule has 0 bridgehead atoms. The summed E-state index contributed by atoms with van der Waals surface area (Å²) in [4.78, 5) is 12.0. The zero-order valence-corrected chi connectivity index (χ0v) is 21.4. The number of nitrogens with zero attached hydrogens (tertiary/aromatic N) is 1. The number of alkyl halides is 17. The number of nitriles is 1. The van der Waals surface area contributed by atoms with Crippen LogP contribution in [0.4, 0.5) is 79.0 Å². The molecule has 0 N–H and O–H groups in total. The Morgan fingerprint density at radius 2 is 1.07 bits per heavy atom. The van der Waals surface area contributed by atoms with Crippen LogP contribution in [0.1, 0.15) is 22.3 Å². The number of carbonyl (C=O) groups excluding carboxylic acids is 1. The molecule has 256 valence electrons. The SMILES string of the molecule is N#Cc1ccc(C(=O)Oc2ccc(OCCC(F)(F)C(F)(F)C(F)(F)C(F)(F)C(F)(F)C(F)(F)C(F)(F)C(F)(F)F)cc2)cc1F.